The fourth-order valence-corrected chi connectivity index (χ4v) is 2.57. The number of anilines is 1. The van der Waals surface area contributed by atoms with Crippen LogP contribution in [0.3, 0.4) is 0 Å². The Balaban J connectivity index is 1.57. The molecular formula is C17H19N7O3. The Kier molecular flexibility index (Phi) is 5.25. The van der Waals surface area contributed by atoms with E-state index in [1.54, 1.807) is 17.9 Å². The minimum Gasteiger partial charge on any atom is -0.293 e. The summed E-state index contributed by atoms with van der Waals surface area (Å²) in [7, 11) is 0. The normalized spacial score (nSPS) is 11.9. The van der Waals surface area contributed by atoms with Crippen LogP contribution in [-0.4, -0.2) is 35.4 Å². The number of nitrogens with zero attached hydrogens (tertiary/aromatic N) is 6. The molecule has 0 aliphatic carbocycles. The number of carbonyl (C=O) groups excluding carboxylic acids is 1. The zero-order valence-corrected chi connectivity index (χ0v) is 14.9. The van der Waals surface area contributed by atoms with Gasteiger partial charge >= 0.3 is 5.69 Å². The number of carbonyl (C=O) groups is 1. The first-order valence-electron chi connectivity index (χ1n) is 8.33. The van der Waals surface area contributed by atoms with E-state index in [9.17, 15) is 14.9 Å². The second-order valence-corrected chi connectivity index (χ2v) is 6.32. The number of benzene rings is 1. The number of amides is 1. The summed E-state index contributed by atoms with van der Waals surface area (Å²) in [6, 6.07) is 8.06. The fourth-order valence-electron chi connectivity index (χ4n) is 2.57. The first kappa shape index (κ1) is 18.2. The lowest BCUT2D eigenvalue weighted by Crippen LogP contribution is -2.25. The third-order valence-electron chi connectivity index (χ3n) is 3.94. The van der Waals surface area contributed by atoms with Crippen LogP contribution in [0.25, 0.3) is 0 Å². The predicted octanol–water partition coefficient (Wildman–Crippen LogP) is 2.01. The molecule has 0 saturated carbocycles. The summed E-state index contributed by atoms with van der Waals surface area (Å²) in [5.74, 6) is -0.541. The summed E-state index contributed by atoms with van der Waals surface area (Å²) >= 11 is 0. The predicted molar refractivity (Wildman–Crippen MR) is 97.0 cm³/mol. The van der Waals surface area contributed by atoms with Crippen LogP contribution in [0.4, 0.5) is 11.6 Å². The molecule has 2 heterocycles. The van der Waals surface area contributed by atoms with E-state index in [-0.39, 0.29) is 24.1 Å². The van der Waals surface area contributed by atoms with Crippen molar-refractivity contribution in [1.29, 1.82) is 0 Å². The van der Waals surface area contributed by atoms with Gasteiger partial charge in [-0.1, -0.05) is 36.8 Å². The molecule has 0 aliphatic rings. The molecule has 140 valence electrons. The van der Waals surface area contributed by atoms with Crippen molar-refractivity contribution in [3.8, 4) is 0 Å². The van der Waals surface area contributed by atoms with Crippen molar-refractivity contribution in [3.63, 3.8) is 0 Å². The SMILES string of the molecule is Cc1cccc(Cn2cnc(NC(=O)C(C)Cn3cc([N+](=O)[O-])cn3)n2)c1. The lowest BCUT2D eigenvalue weighted by molar-refractivity contribution is -0.385. The fraction of sp³-hybridized carbons (Fsp3) is 0.294. The number of hydrogen-bond donors (Lipinski definition) is 1. The van der Waals surface area contributed by atoms with Gasteiger partial charge in [0.15, 0.2) is 0 Å². The second kappa shape index (κ2) is 7.77. The lowest BCUT2D eigenvalue weighted by Gasteiger charge is -2.10. The van der Waals surface area contributed by atoms with Crippen LogP contribution in [0.15, 0.2) is 43.0 Å². The highest BCUT2D eigenvalue weighted by Gasteiger charge is 2.18. The molecule has 3 aromatic rings. The molecule has 0 bridgehead atoms. The summed E-state index contributed by atoms with van der Waals surface area (Å²) in [6.45, 7) is 4.49. The molecule has 0 saturated heterocycles. The van der Waals surface area contributed by atoms with Crippen LogP contribution in [0.1, 0.15) is 18.1 Å². The first-order valence-corrected chi connectivity index (χ1v) is 8.33. The van der Waals surface area contributed by atoms with E-state index in [0.717, 1.165) is 17.3 Å². The molecule has 2 aromatic heterocycles. The minimum atomic E-state index is -0.529. The first-order chi connectivity index (χ1) is 12.9. The molecule has 0 radical (unpaired) electrons. The topological polar surface area (TPSA) is 121 Å². The van der Waals surface area contributed by atoms with Gasteiger partial charge in [0.25, 0.3) is 0 Å². The molecule has 0 spiro atoms. The highest BCUT2D eigenvalue weighted by Crippen LogP contribution is 2.11. The molecule has 1 amide bonds. The average molecular weight is 369 g/mol. The molecule has 1 N–H and O–H groups in total. The standard InChI is InChI=1S/C17H19N7O3/c1-12-4-3-5-14(6-12)9-23-11-18-17(21-23)20-16(25)13(2)8-22-10-15(7-19-22)24(26)27/h3-7,10-11,13H,8-9H2,1-2H3,(H,20,21,25). The smallest absolute Gasteiger partial charge is 0.293 e. The minimum absolute atomic E-state index is 0.112. The zero-order chi connectivity index (χ0) is 19.4. The van der Waals surface area contributed by atoms with Gasteiger partial charge in [-0.25, -0.2) is 9.67 Å². The maximum Gasteiger partial charge on any atom is 0.306 e. The van der Waals surface area contributed by atoms with Gasteiger partial charge in [0.2, 0.25) is 11.9 Å². The van der Waals surface area contributed by atoms with Gasteiger partial charge in [0, 0.05) is 0 Å². The van der Waals surface area contributed by atoms with Gasteiger partial charge in [0.05, 0.1) is 23.9 Å². The molecule has 27 heavy (non-hydrogen) atoms. The van der Waals surface area contributed by atoms with Gasteiger partial charge in [0.1, 0.15) is 18.7 Å². The van der Waals surface area contributed by atoms with Crippen LogP contribution in [0.5, 0.6) is 0 Å². The zero-order valence-electron chi connectivity index (χ0n) is 14.9. The van der Waals surface area contributed by atoms with E-state index in [4.69, 9.17) is 0 Å². The molecule has 1 atom stereocenters. The van der Waals surface area contributed by atoms with Crippen LogP contribution in [-0.2, 0) is 17.9 Å². The number of aryl methyl sites for hydroxylation is 1. The van der Waals surface area contributed by atoms with E-state index in [1.165, 1.54) is 10.9 Å². The maximum absolute atomic E-state index is 12.3. The molecule has 1 unspecified atom stereocenters. The van der Waals surface area contributed by atoms with Crippen LogP contribution in [0.2, 0.25) is 0 Å². The molecule has 3 rings (SSSR count). The van der Waals surface area contributed by atoms with Crippen molar-refractivity contribution in [1.82, 2.24) is 24.5 Å². The van der Waals surface area contributed by atoms with Crippen molar-refractivity contribution >= 4 is 17.5 Å². The Labute approximate surface area is 155 Å². The molecule has 10 heteroatoms. The highest BCUT2D eigenvalue weighted by molar-refractivity contribution is 5.90. The van der Waals surface area contributed by atoms with Crippen LogP contribution >= 0.6 is 0 Å². The number of aromatic nitrogens is 5. The van der Waals surface area contributed by atoms with Gasteiger partial charge in [-0.2, -0.15) is 5.10 Å². The molecule has 0 fully saturated rings. The number of nitro groups is 1. The van der Waals surface area contributed by atoms with Gasteiger partial charge in [-0.05, 0) is 12.5 Å². The average Bonchev–Trinajstić information content (AvgIpc) is 3.24. The Hall–Kier alpha value is -3.56. The monoisotopic (exact) mass is 369 g/mol. The summed E-state index contributed by atoms with van der Waals surface area (Å²) in [6.07, 6.45) is 4.00. The Morgan fingerprint density at radius 2 is 2.19 bits per heavy atom. The lowest BCUT2D eigenvalue weighted by atomic mass is 10.1. The Morgan fingerprint density at radius 1 is 1.37 bits per heavy atom. The van der Waals surface area contributed by atoms with Crippen molar-refractivity contribution in [2.24, 2.45) is 5.92 Å². The Morgan fingerprint density at radius 3 is 2.89 bits per heavy atom. The van der Waals surface area contributed by atoms with Crippen molar-refractivity contribution in [3.05, 3.63) is 64.2 Å². The van der Waals surface area contributed by atoms with E-state index in [0.29, 0.717) is 6.54 Å². The van der Waals surface area contributed by atoms with Crippen LogP contribution in [0, 0.1) is 23.0 Å². The largest absolute Gasteiger partial charge is 0.306 e. The van der Waals surface area contributed by atoms with Crippen molar-refractivity contribution < 1.29 is 9.72 Å². The summed E-state index contributed by atoms with van der Waals surface area (Å²) in [5, 5.41) is 21.5. The van der Waals surface area contributed by atoms with Gasteiger partial charge < -0.3 is 0 Å². The summed E-state index contributed by atoms with van der Waals surface area (Å²) < 4.78 is 3.01. The second-order valence-electron chi connectivity index (χ2n) is 6.32. The van der Waals surface area contributed by atoms with Crippen LogP contribution < -0.4 is 5.32 Å². The molecule has 10 nitrogen and oxygen atoms in total. The third-order valence-corrected chi connectivity index (χ3v) is 3.94. The van der Waals surface area contributed by atoms with E-state index in [2.05, 4.69) is 26.6 Å². The highest BCUT2D eigenvalue weighted by atomic mass is 16.6. The third kappa shape index (κ3) is 4.75. The number of rotatable bonds is 7. The van der Waals surface area contributed by atoms with Gasteiger partial charge in [-0.15, -0.1) is 5.10 Å². The summed E-state index contributed by atoms with van der Waals surface area (Å²) in [5.41, 5.74) is 2.14. The summed E-state index contributed by atoms with van der Waals surface area (Å²) in [4.78, 5) is 26.5. The quantitative estimate of drug-likeness (QED) is 0.502. The Bertz CT molecular complexity index is 963. The van der Waals surface area contributed by atoms with Gasteiger partial charge in [-0.3, -0.25) is 24.9 Å². The van der Waals surface area contributed by atoms with Crippen molar-refractivity contribution in [2.75, 3.05) is 5.32 Å². The molecule has 0 aliphatic heterocycles. The molecule has 1 aromatic carbocycles. The van der Waals surface area contributed by atoms with Crippen molar-refractivity contribution in [2.45, 2.75) is 26.9 Å². The van der Waals surface area contributed by atoms with E-state index < -0.39 is 10.8 Å². The number of nitrogens with one attached hydrogen (secondary N) is 1. The van der Waals surface area contributed by atoms with E-state index >= 15 is 0 Å². The number of hydrogen-bond acceptors (Lipinski definition) is 6. The van der Waals surface area contributed by atoms with E-state index in [1.807, 2.05) is 25.1 Å². The maximum atomic E-state index is 12.3. The molecular weight excluding hydrogens is 350 g/mol.